The van der Waals surface area contributed by atoms with Crippen LogP contribution in [0.3, 0.4) is 0 Å². The van der Waals surface area contributed by atoms with Crippen LogP contribution < -0.4 is 0 Å². The van der Waals surface area contributed by atoms with Crippen LogP contribution in [0.25, 0.3) is 22.0 Å². The highest BCUT2D eigenvalue weighted by molar-refractivity contribution is 6.35. The molecule has 0 aliphatic rings. The fourth-order valence-electron chi connectivity index (χ4n) is 2.31. The number of rotatable bonds is 2. The van der Waals surface area contributed by atoms with Crippen LogP contribution in [0.15, 0.2) is 54.6 Å². The quantitative estimate of drug-likeness (QED) is 0.589. The molecule has 1 heterocycles. The van der Waals surface area contributed by atoms with Gasteiger partial charge in [0.05, 0.1) is 10.5 Å². The van der Waals surface area contributed by atoms with E-state index < -0.39 is 0 Å². The Bertz CT molecular complexity index is 748. The van der Waals surface area contributed by atoms with Crippen LogP contribution in [0.2, 0.25) is 5.02 Å². The van der Waals surface area contributed by atoms with E-state index in [1.165, 1.54) is 11.1 Å². The molecule has 0 N–H and O–H groups in total. The Kier molecular flexibility index (Phi) is 3.45. The number of hydrogen-bond donors (Lipinski definition) is 0. The van der Waals surface area contributed by atoms with Crippen LogP contribution in [0.5, 0.6) is 0 Å². The average molecular weight is 282 g/mol. The third kappa shape index (κ3) is 2.41. The molecular formula is C18H16ClN. The maximum atomic E-state index is 6.43. The summed E-state index contributed by atoms with van der Waals surface area (Å²) in [6.07, 6.45) is 0. The summed E-state index contributed by atoms with van der Waals surface area (Å²) >= 11 is 6.43. The highest BCUT2D eigenvalue weighted by Crippen LogP contribution is 2.30. The van der Waals surface area contributed by atoms with Gasteiger partial charge in [0.2, 0.25) is 0 Å². The molecule has 0 spiro atoms. The van der Waals surface area contributed by atoms with E-state index in [2.05, 4.69) is 49.2 Å². The van der Waals surface area contributed by atoms with Crippen LogP contribution in [0, 0.1) is 0 Å². The molecule has 0 bridgehead atoms. The second kappa shape index (κ2) is 5.26. The minimum Gasteiger partial charge on any atom is -0.252 e. The molecule has 0 amide bonds. The Morgan fingerprint density at radius 3 is 2.35 bits per heavy atom. The van der Waals surface area contributed by atoms with Crippen molar-refractivity contribution in [2.45, 2.75) is 19.8 Å². The summed E-state index contributed by atoms with van der Waals surface area (Å²) in [4.78, 5) is 4.69. The van der Waals surface area contributed by atoms with Crippen molar-refractivity contribution in [2.75, 3.05) is 0 Å². The molecule has 0 radical (unpaired) electrons. The average Bonchev–Trinajstić information content (AvgIpc) is 2.47. The van der Waals surface area contributed by atoms with Crippen molar-refractivity contribution in [3.8, 4) is 11.1 Å². The summed E-state index contributed by atoms with van der Waals surface area (Å²) in [6.45, 7) is 4.26. The second-order valence-electron chi connectivity index (χ2n) is 5.28. The first kappa shape index (κ1) is 13.1. The molecule has 0 unspecified atom stereocenters. The van der Waals surface area contributed by atoms with Crippen LogP contribution >= 0.6 is 11.6 Å². The second-order valence-corrected chi connectivity index (χ2v) is 5.69. The molecule has 0 fully saturated rings. The Morgan fingerprint density at radius 1 is 0.900 bits per heavy atom. The summed E-state index contributed by atoms with van der Waals surface area (Å²) in [7, 11) is 0. The van der Waals surface area contributed by atoms with E-state index in [9.17, 15) is 0 Å². The number of benzene rings is 2. The highest BCUT2D eigenvalue weighted by atomic mass is 35.5. The smallest absolute Gasteiger partial charge is 0.0720 e. The number of halogens is 1. The lowest BCUT2D eigenvalue weighted by atomic mass is 10.0. The van der Waals surface area contributed by atoms with Gasteiger partial charge in [0.25, 0.3) is 0 Å². The number of fused-ring (bicyclic) bond motifs is 1. The molecule has 0 saturated heterocycles. The van der Waals surface area contributed by atoms with Crippen molar-refractivity contribution in [2.24, 2.45) is 0 Å². The van der Waals surface area contributed by atoms with Crippen LogP contribution in [-0.2, 0) is 0 Å². The Balaban J connectivity index is 2.17. The van der Waals surface area contributed by atoms with Gasteiger partial charge in [-0.1, -0.05) is 61.8 Å². The van der Waals surface area contributed by atoms with Crippen LogP contribution in [0.4, 0.5) is 0 Å². The Morgan fingerprint density at radius 2 is 1.65 bits per heavy atom. The van der Waals surface area contributed by atoms with E-state index in [1.54, 1.807) is 0 Å². The molecule has 3 aromatic rings. The van der Waals surface area contributed by atoms with Crippen LogP contribution in [-0.4, -0.2) is 4.98 Å². The van der Waals surface area contributed by atoms with Gasteiger partial charge in [-0.05, 0) is 35.2 Å². The number of aromatic nitrogens is 1. The number of hydrogen-bond acceptors (Lipinski definition) is 1. The molecule has 0 aliphatic heterocycles. The first-order valence-electron chi connectivity index (χ1n) is 6.81. The van der Waals surface area contributed by atoms with Crippen molar-refractivity contribution in [1.82, 2.24) is 4.98 Å². The standard InChI is InChI=1S/C18H16ClN/c1-12(2)18-11-16(19)15-10-14(8-9-17(15)20-18)13-6-4-3-5-7-13/h3-12H,1-2H3. The Labute approximate surface area is 124 Å². The molecule has 1 aromatic heterocycles. The maximum Gasteiger partial charge on any atom is 0.0720 e. The first-order chi connectivity index (χ1) is 9.65. The zero-order valence-electron chi connectivity index (χ0n) is 11.6. The van der Waals surface area contributed by atoms with Crippen molar-refractivity contribution in [1.29, 1.82) is 0 Å². The fourth-order valence-corrected chi connectivity index (χ4v) is 2.57. The largest absolute Gasteiger partial charge is 0.252 e. The molecule has 20 heavy (non-hydrogen) atoms. The zero-order chi connectivity index (χ0) is 14.1. The predicted molar refractivity (Wildman–Crippen MR) is 86.3 cm³/mol. The molecule has 0 saturated carbocycles. The molecule has 3 rings (SSSR count). The summed E-state index contributed by atoms with van der Waals surface area (Å²) in [6, 6.07) is 18.6. The maximum absolute atomic E-state index is 6.43. The van der Waals surface area contributed by atoms with Crippen LogP contribution in [0.1, 0.15) is 25.5 Å². The molecule has 1 nitrogen and oxygen atoms in total. The van der Waals surface area contributed by atoms with Gasteiger partial charge < -0.3 is 0 Å². The molecule has 0 atom stereocenters. The minimum atomic E-state index is 0.380. The molecule has 100 valence electrons. The van der Waals surface area contributed by atoms with E-state index in [4.69, 9.17) is 11.6 Å². The molecule has 2 heteroatoms. The van der Waals surface area contributed by atoms with E-state index in [0.29, 0.717) is 5.92 Å². The fraction of sp³-hybridized carbons (Fsp3) is 0.167. The zero-order valence-corrected chi connectivity index (χ0v) is 12.4. The van der Waals surface area contributed by atoms with E-state index in [1.807, 2.05) is 24.3 Å². The van der Waals surface area contributed by atoms with E-state index in [0.717, 1.165) is 21.6 Å². The Hall–Kier alpha value is -1.86. The van der Waals surface area contributed by atoms with Gasteiger partial charge in [-0.2, -0.15) is 0 Å². The minimum absolute atomic E-state index is 0.380. The summed E-state index contributed by atoms with van der Waals surface area (Å²) in [5.74, 6) is 0.380. The molecular weight excluding hydrogens is 266 g/mol. The van der Waals surface area contributed by atoms with Gasteiger partial charge in [0, 0.05) is 11.1 Å². The van der Waals surface area contributed by atoms with E-state index in [-0.39, 0.29) is 0 Å². The number of pyridine rings is 1. The highest BCUT2D eigenvalue weighted by Gasteiger charge is 2.08. The SMILES string of the molecule is CC(C)c1cc(Cl)c2cc(-c3ccccc3)ccc2n1. The monoisotopic (exact) mass is 281 g/mol. The number of nitrogens with zero attached hydrogens (tertiary/aromatic N) is 1. The van der Waals surface area contributed by atoms with Gasteiger partial charge in [-0.3, -0.25) is 4.98 Å². The van der Waals surface area contributed by atoms with Gasteiger partial charge in [-0.25, -0.2) is 0 Å². The van der Waals surface area contributed by atoms with E-state index >= 15 is 0 Å². The van der Waals surface area contributed by atoms with Gasteiger partial charge in [0.15, 0.2) is 0 Å². The third-order valence-electron chi connectivity index (χ3n) is 3.48. The first-order valence-corrected chi connectivity index (χ1v) is 7.18. The van der Waals surface area contributed by atoms with Crippen molar-refractivity contribution in [3.05, 3.63) is 65.3 Å². The predicted octanol–water partition coefficient (Wildman–Crippen LogP) is 5.68. The normalized spacial score (nSPS) is 11.2. The van der Waals surface area contributed by atoms with Crippen molar-refractivity contribution >= 4 is 22.5 Å². The lowest BCUT2D eigenvalue weighted by Gasteiger charge is -2.09. The lowest BCUT2D eigenvalue weighted by molar-refractivity contribution is 0.830. The summed E-state index contributed by atoms with van der Waals surface area (Å²) in [5.41, 5.74) is 4.35. The lowest BCUT2D eigenvalue weighted by Crippen LogP contribution is -1.93. The molecule has 0 aliphatic carbocycles. The van der Waals surface area contributed by atoms with Gasteiger partial charge in [-0.15, -0.1) is 0 Å². The third-order valence-corrected chi connectivity index (χ3v) is 3.79. The van der Waals surface area contributed by atoms with Gasteiger partial charge in [0.1, 0.15) is 0 Å². The van der Waals surface area contributed by atoms with Gasteiger partial charge >= 0.3 is 0 Å². The molecule has 2 aromatic carbocycles. The topological polar surface area (TPSA) is 12.9 Å². The van der Waals surface area contributed by atoms with Crippen molar-refractivity contribution < 1.29 is 0 Å². The van der Waals surface area contributed by atoms with Crippen molar-refractivity contribution in [3.63, 3.8) is 0 Å². The summed E-state index contributed by atoms with van der Waals surface area (Å²) in [5, 5.41) is 1.79. The summed E-state index contributed by atoms with van der Waals surface area (Å²) < 4.78 is 0.